The lowest BCUT2D eigenvalue weighted by Gasteiger charge is -2.31. The number of carbonyl (C=O) groups is 1. The SMILES string of the molecule is CCN(C[C@@H]1COc2ccccc2O1)C(=O)Cn1c(C)csc1=O. The first-order valence-electron chi connectivity index (χ1n) is 7.89. The number of para-hydroxylation sites is 2. The van der Waals surface area contributed by atoms with Crippen LogP contribution in [0.5, 0.6) is 11.5 Å². The van der Waals surface area contributed by atoms with Crippen molar-refractivity contribution in [3.8, 4) is 11.5 Å². The second kappa shape index (κ2) is 7.09. The summed E-state index contributed by atoms with van der Waals surface area (Å²) in [5.74, 6) is 1.33. The number of rotatable bonds is 5. The molecular weight excluding hydrogens is 328 g/mol. The van der Waals surface area contributed by atoms with Gasteiger partial charge in [0.05, 0.1) is 6.54 Å². The standard InChI is InChI=1S/C17H20N2O4S/c1-3-18(16(20)9-19-12(2)11-24-17(19)21)8-13-10-22-14-6-4-5-7-15(14)23-13/h4-7,11,13H,3,8-10H2,1-2H3/t13-/m1/s1. The summed E-state index contributed by atoms with van der Waals surface area (Å²) >= 11 is 1.11. The second-order valence-electron chi connectivity index (χ2n) is 5.66. The van der Waals surface area contributed by atoms with Crippen LogP contribution in [0.2, 0.25) is 0 Å². The molecule has 0 fully saturated rings. The summed E-state index contributed by atoms with van der Waals surface area (Å²) in [5.41, 5.74) is 0.806. The Balaban J connectivity index is 1.65. The number of aromatic nitrogens is 1. The largest absolute Gasteiger partial charge is 0.486 e. The molecule has 3 rings (SSSR count). The number of amides is 1. The van der Waals surface area contributed by atoms with Gasteiger partial charge in [-0.25, -0.2) is 0 Å². The number of hydrogen-bond donors (Lipinski definition) is 0. The molecule has 7 heteroatoms. The fraction of sp³-hybridized carbons (Fsp3) is 0.412. The Morgan fingerprint density at radius 3 is 2.79 bits per heavy atom. The van der Waals surface area contributed by atoms with Crippen molar-refractivity contribution in [2.24, 2.45) is 0 Å². The van der Waals surface area contributed by atoms with Crippen LogP contribution in [-0.2, 0) is 11.3 Å². The van der Waals surface area contributed by atoms with Gasteiger partial charge in [0, 0.05) is 17.6 Å². The van der Waals surface area contributed by atoms with Gasteiger partial charge in [-0.2, -0.15) is 0 Å². The molecule has 0 N–H and O–H groups in total. The fourth-order valence-corrected chi connectivity index (χ4v) is 3.37. The number of aryl methyl sites for hydroxylation is 1. The molecule has 0 unspecified atom stereocenters. The molecule has 0 bridgehead atoms. The molecule has 0 saturated carbocycles. The van der Waals surface area contributed by atoms with E-state index >= 15 is 0 Å². The topological polar surface area (TPSA) is 60.8 Å². The van der Waals surface area contributed by atoms with Crippen LogP contribution in [0.15, 0.2) is 34.4 Å². The monoisotopic (exact) mass is 348 g/mol. The van der Waals surface area contributed by atoms with Crippen molar-refractivity contribution < 1.29 is 14.3 Å². The molecule has 0 spiro atoms. The van der Waals surface area contributed by atoms with Crippen LogP contribution < -0.4 is 14.3 Å². The molecule has 1 aromatic heterocycles. The molecule has 24 heavy (non-hydrogen) atoms. The van der Waals surface area contributed by atoms with Crippen molar-refractivity contribution >= 4 is 17.2 Å². The van der Waals surface area contributed by atoms with Crippen molar-refractivity contribution in [3.05, 3.63) is 45.0 Å². The summed E-state index contributed by atoms with van der Waals surface area (Å²) in [6, 6.07) is 7.50. The summed E-state index contributed by atoms with van der Waals surface area (Å²) in [4.78, 5) is 25.9. The average molecular weight is 348 g/mol. The minimum atomic E-state index is -0.218. The average Bonchev–Trinajstić information content (AvgIpc) is 2.91. The third kappa shape index (κ3) is 3.46. The highest BCUT2D eigenvalue weighted by Gasteiger charge is 2.25. The maximum absolute atomic E-state index is 12.5. The minimum absolute atomic E-state index is 0.0617. The van der Waals surface area contributed by atoms with Crippen LogP contribution in [0.1, 0.15) is 12.6 Å². The highest BCUT2D eigenvalue weighted by molar-refractivity contribution is 7.07. The van der Waals surface area contributed by atoms with E-state index in [4.69, 9.17) is 9.47 Å². The zero-order chi connectivity index (χ0) is 17.1. The van der Waals surface area contributed by atoms with E-state index in [-0.39, 0.29) is 23.4 Å². The van der Waals surface area contributed by atoms with Crippen LogP contribution >= 0.6 is 11.3 Å². The van der Waals surface area contributed by atoms with Gasteiger partial charge in [0.25, 0.3) is 0 Å². The normalized spacial score (nSPS) is 16.0. The van der Waals surface area contributed by atoms with Gasteiger partial charge in [-0.1, -0.05) is 23.5 Å². The molecular formula is C17H20N2O4S. The van der Waals surface area contributed by atoms with E-state index in [0.717, 1.165) is 22.8 Å². The summed E-state index contributed by atoms with van der Waals surface area (Å²) in [6.45, 7) is 5.19. The molecule has 1 amide bonds. The van der Waals surface area contributed by atoms with Gasteiger partial charge in [-0.3, -0.25) is 14.2 Å². The van der Waals surface area contributed by atoms with Crippen molar-refractivity contribution in [3.63, 3.8) is 0 Å². The lowest BCUT2D eigenvalue weighted by Crippen LogP contribution is -2.45. The quantitative estimate of drug-likeness (QED) is 0.828. The Labute approximate surface area is 144 Å². The maximum atomic E-state index is 12.5. The fourth-order valence-electron chi connectivity index (χ4n) is 2.64. The predicted octanol–water partition coefficient (Wildman–Crippen LogP) is 1.91. The third-order valence-corrected chi connectivity index (χ3v) is 4.88. The zero-order valence-corrected chi connectivity index (χ0v) is 14.5. The van der Waals surface area contributed by atoms with E-state index in [1.807, 2.05) is 38.1 Å². The van der Waals surface area contributed by atoms with Crippen molar-refractivity contribution in [1.82, 2.24) is 9.47 Å². The number of carbonyl (C=O) groups excluding carboxylic acids is 1. The first-order chi connectivity index (χ1) is 11.6. The molecule has 128 valence electrons. The first kappa shape index (κ1) is 16.6. The summed E-state index contributed by atoms with van der Waals surface area (Å²) in [6.07, 6.45) is -0.218. The van der Waals surface area contributed by atoms with E-state index in [0.29, 0.717) is 25.4 Å². The highest BCUT2D eigenvalue weighted by Crippen LogP contribution is 2.31. The Kier molecular flexibility index (Phi) is 4.89. The Bertz CT molecular complexity index is 783. The van der Waals surface area contributed by atoms with E-state index in [1.165, 1.54) is 4.57 Å². The summed E-state index contributed by atoms with van der Waals surface area (Å²) in [7, 11) is 0. The molecule has 0 aliphatic carbocycles. The highest BCUT2D eigenvalue weighted by atomic mass is 32.1. The van der Waals surface area contributed by atoms with Gasteiger partial charge in [0.1, 0.15) is 13.2 Å². The maximum Gasteiger partial charge on any atom is 0.307 e. The van der Waals surface area contributed by atoms with Crippen LogP contribution in [0.4, 0.5) is 0 Å². The zero-order valence-electron chi connectivity index (χ0n) is 13.7. The first-order valence-corrected chi connectivity index (χ1v) is 8.77. The van der Waals surface area contributed by atoms with E-state index in [9.17, 15) is 9.59 Å². The Hall–Kier alpha value is -2.28. The van der Waals surface area contributed by atoms with Crippen LogP contribution in [0, 0.1) is 6.92 Å². The van der Waals surface area contributed by atoms with E-state index in [1.54, 1.807) is 10.3 Å². The third-order valence-electron chi connectivity index (χ3n) is 4.00. The molecule has 0 radical (unpaired) electrons. The Morgan fingerprint density at radius 2 is 2.12 bits per heavy atom. The lowest BCUT2D eigenvalue weighted by atomic mass is 10.2. The van der Waals surface area contributed by atoms with Gasteiger partial charge in [-0.15, -0.1) is 0 Å². The van der Waals surface area contributed by atoms with E-state index in [2.05, 4.69) is 0 Å². The smallest absolute Gasteiger partial charge is 0.307 e. The molecule has 0 saturated heterocycles. The van der Waals surface area contributed by atoms with Crippen LogP contribution in [0.25, 0.3) is 0 Å². The summed E-state index contributed by atoms with van der Waals surface area (Å²) < 4.78 is 13.1. The number of hydrogen-bond acceptors (Lipinski definition) is 5. The minimum Gasteiger partial charge on any atom is -0.486 e. The Morgan fingerprint density at radius 1 is 1.38 bits per heavy atom. The van der Waals surface area contributed by atoms with Gasteiger partial charge in [0.15, 0.2) is 17.6 Å². The summed E-state index contributed by atoms with van der Waals surface area (Å²) in [5, 5.41) is 1.76. The number of nitrogens with zero attached hydrogens (tertiary/aromatic N) is 2. The second-order valence-corrected chi connectivity index (χ2v) is 6.48. The lowest BCUT2D eigenvalue weighted by molar-refractivity contribution is -0.133. The van der Waals surface area contributed by atoms with Gasteiger partial charge >= 0.3 is 4.87 Å². The van der Waals surface area contributed by atoms with Crippen molar-refractivity contribution in [1.29, 1.82) is 0 Å². The van der Waals surface area contributed by atoms with Gasteiger partial charge < -0.3 is 14.4 Å². The predicted molar refractivity (Wildman–Crippen MR) is 91.9 cm³/mol. The number of benzene rings is 1. The van der Waals surface area contributed by atoms with E-state index < -0.39 is 0 Å². The van der Waals surface area contributed by atoms with Crippen molar-refractivity contribution in [2.45, 2.75) is 26.5 Å². The number of ether oxygens (including phenoxy) is 2. The van der Waals surface area contributed by atoms with Gasteiger partial charge in [-0.05, 0) is 26.0 Å². The van der Waals surface area contributed by atoms with Crippen LogP contribution in [0.3, 0.4) is 0 Å². The molecule has 1 aliphatic heterocycles. The molecule has 6 nitrogen and oxygen atoms in total. The number of thiazole rings is 1. The van der Waals surface area contributed by atoms with Crippen molar-refractivity contribution in [2.75, 3.05) is 19.7 Å². The molecule has 1 aromatic carbocycles. The number of fused-ring (bicyclic) bond motifs is 1. The molecule has 1 atom stereocenters. The number of likely N-dealkylation sites (N-methyl/N-ethyl adjacent to an activating group) is 1. The molecule has 1 aliphatic rings. The molecule has 2 heterocycles. The van der Waals surface area contributed by atoms with Gasteiger partial charge in [0.2, 0.25) is 5.91 Å². The molecule has 2 aromatic rings. The van der Waals surface area contributed by atoms with Crippen LogP contribution in [-0.4, -0.2) is 41.2 Å².